The Bertz CT molecular complexity index is 495. The molecule has 1 N–H and O–H groups in total. The van der Waals surface area contributed by atoms with E-state index < -0.39 is 0 Å². The van der Waals surface area contributed by atoms with Gasteiger partial charge in [-0.1, -0.05) is 13.0 Å². The van der Waals surface area contributed by atoms with Crippen LogP contribution in [0.5, 0.6) is 0 Å². The molecule has 5 nitrogen and oxygen atoms in total. The van der Waals surface area contributed by atoms with E-state index >= 15 is 0 Å². The molecule has 0 unspecified atom stereocenters. The molecule has 2 heterocycles. The summed E-state index contributed by atoms with van der Waals surface area (Å²) in [4.78, 5) is 20.0. The van der Waals surface area contributed by atoms with E-state index in [1.165, 1.54) is 0 Å². The fourth-order valence-electron chi connectivity index (χ4n) is 1.89. The standard InChI is InChI=1S/C14H18N4O/c1-2-13(10-18-7-6-16-11-18)17-14(19)8-12-4-3-5-15-9-12/h3-7,9,11,13H,2,8,10H2,1H3,(H,17,19)/t13-/m1/s1. The van der Waals surface area contributed by atoms with Gasteiger partial charge in [0, 0.05) is 37.4 Å². The Balaban J connectivity index is 1.86. The summed E-state index contributed by atoms with van der Waals surface area (Å²) in [5.41, 5.74) is 0.928. The molecule has 1 atom stereocenters. The SMILES string of the molecule is CC[C@H](Cn1ccnc1)NC(=O)Cc1cccnc1. The van der Waals surface area contributed by atoms with E-state index in [0.717, 1.165) is 18.5 Å². The molecule has 0 saturated carbocycles. The first-order valence-electron chi connectivity index (χ1n) is 6.42. The molecule has 0 bridgehead atoms. The Hall–Kier alpha value is -2.17. The molecule has 100 valence electrons. The second-order valence-corrected chi connectivity index (χ2v) is 4.47. The van der Waals surface area contributed by atoms with Crippen LogP contribution in [0.4, 0.5) is 0 Å². The van der Waals surface area contributed by atoms with E-state index in [-0.39, 0.29) is 11.9 Å². The molecule has 2 aromatic heterocycles. The zero-order valence-corrected chi connectivity index (χ0v) is 11.0. The van der Waals surface area contributed by atoms with Crippen LogP contribution in [-0.4, -0.2) is 26.5 Å². The lowest BCUT2D eigenvalue weighted by molar-refractivity contribution is -0.121. The van der Waals surface area contributed by atoms with Crippen molar-refractivity contribution in [2.75, 3.05) is 0 Å². The average molecular weight is 258 g/mol. The predicted octanol–water partition coefficient (Wildman–Crippen LogP) is 1.42. The predicted molar refractivity (Wildman–Crippen MR) is 72.4 cm³/mol. The van der Waals surface area contributed by atoms with Crippen LogP contribution in [-0.2, 0) is 17.8 Å². The summed E-state index contributed by atoms with van der Waals surface area (Å²) >= 11 is 0. The molecule has 19 heavy (non-hydrogen) atoms. The smallest absolute Gasteiger partial charge is 0.224 e. The Morgan fingerprint density at radius 3 is 2.95 bits per heavy atom. The Kier molecular flexibility index (Phi) is 4.66. The Morgan fingerprint density at radius 1 is 1.42 bits per heavy atom. The van der Waals surface area contributed by atoms with Crippen LogP contribution in [0.15, 0.2) is 43.2 Å². The number of aromatic nitrogens is 3. The summed E-state index contributed by atoms with van der Waals surface area (Å²) in [6.07, 6.45) is 10.1. The summed E-state index contributed by atoms with van der Waals surface area (Å²) in [5, 5.41) is 3.04. The van der Waals surface area contributed by atoms with Crippen LogP contribution in [0, 0.1) is 0 Å². The van der Waals surface area contributed by atoms with Crippen molar-refractivity contribution in [2.24, 2.45) is 0 Å². The number of carbonyl (C=O) groups excluding carboxylic acids is 1. The maximum absolute atomic E-state index is 11.9. The topological polar surface area (TPSA) is 59.8 Å². The van der Waals surface area contributed by atoms with E-state index in [9.17, 15) is 4.79 Å². The summed E-state index contributed by atoms with van der Waals surface area (Å²) in [6, 6.07) is 3.87. The van der Waals surface area contributed by atoms with Crippen molar-refractivity contribution in [3.05, 3.63) is 48.8 Å². The molecular weight excluding hydrogens is 240 g/mol. The van der Waals surface area contributed by atoms with E-state index in [1.807, 2.05) is 22.9 Å². The zero-order valence-electron chi connectivity index (χ0n) is 11.0. The minimum Gasteiger partial charge on any atom is -0.351 e. The highest BCUT2D eigenvalue weighted by Gasteiger charge is 2.11. The number of nitrogens with zero attached hydrogens (tertiary/aromatic N) is 3. The van der Waals surface area contributed by atoms with E-state index in [1.54, 1.807) is 24.9 Å². The molecule has 0 aromatic carbocycles. The van der Waals surface area contributed by atoms with Gasteiger partial charge in [-0.2, -0.15) is 0 Å². The van der Waals surface area contributed by atoms with Gasteiger partial charge >= 0.3 is 0 Å². The number of rotatable bonds is 6. The van der Waals surface area contributed by atoms with Crippen LogP contribution in [0.25, 0.3) is 0 Å². The monoisotopic (exact) mass is 258 g/mol. The lowest BCUT2D eigenvalue weighted by atomic mass is 10.1. The van der Waals surface area contributed by atoms with Gasteiger partial charge < -0.3 is 9.88 Å². The molecule has 0 aliphatic heterocycles. The summed E-state index contributed by atoms with van der Waals surface area (Å²) < 4.78 is 1.97. The zero-order chi connectivity index (χ0) is 13.5. The van der Waals surface area contributed by atoms with Crippen molar-refractivity contribution >= 4 is 5.91 Å². The summed E-state index contributed by atoms with van der Waals surface area (Å²) in [5.74, 6) is 0.0277. The third-order valence-electron chi connectivity index (χ3n) is 2.94. The minimum atomic E-state index is 0.0277. The number of carbonyl (C=O) groups is 1. The van der Waals surface area contributed by atoms with Gasteiger partial charge in [-0.05, 0) is 18.1 Å². The summed E-state index contributed by atoms with van der Waals surface area (Å²) in [7, 11) is 0. The molecule has 5 heteroatoms. The number of pyridine rings is 1. The fourth-order valence-corrected chi connectivity index (χ4v) is 1.89. The minimum absolute atomic E-state index is 0.0277. The van der Waals surface area contributed by atoms with Gasteiger partial charge in [-0.15, -0.1) is 0 Å². The van der Waals surface area contributed by atoms with E-state index in [0.29, 0.717) is 6.42 Å². The Morgan fingerprint density at radius 2 is 2.32 bits per heavy atom. The van der Waals surface area contributed by atoms with Crippen molar-refractivity contribution in [3.63, 3.8) is 0 Å². The van der Waals surface area contributed by atoms with E-state index in [2.05, 4.69) is 22.2 Å². The van der Waals surface area contributed by atoms with E-state index in [4.69, 9.17) is 0 Å². The van der Waals surface area contributed by atoms with Gasteiger partial charge in [0.2, 0.25) is 5.91 Å². The normalized spacial score (nSPS) is 12.1. The highest BCUT2D eigenvalue weighted by atomic mass is 16.1. The number of hydrogen-bond acceptors (Lipinski definition) is 3. The van der Waals surface area contributed by atoms with Gasteiger partial charge in [0.05, 0.1) is 12.7 Å². The summed E-state index contributed by atoms with van der Waals surface area (Å²) in [6.45, 7) is 2.81. The van der Waals surface area contributed by atoms with Gasteiger partial charge in [-0.3, -0.25) is 9.78 Å². The first-order valence-corrected chi connectivity index (χ1v) is 6.42. The number of imidazole rings is 1. The quantitative estimate of drug-likeness (QED) is 0.852. The largest absolute Gasteiger partial charge is 0.351 e. The first kappa shape index (κ1) is 13.3. The molecule has 0 fully saturated rings. The van der Waals surface area contributed by atoms with Crippen molar-refractivity contribution in [2.45, 2.75) is 32.4 Å². The number of hydrogen-bond donors (Lipinski definition) is 1. The molecule has 2 aromatic rings. The van der Waals surface area contributed by atoms with Crippen molar-refractivity contribution in [1.29, 1.82) is 0 Å². The maximum Gasteiger partial charge on any atom is 0.224 e. The molecule has 0 radical (unpaired) electrons. The average Bonchev–Trinajstić information content (AvgIpc) is 2.92. The van der Waals surface area contributed by atoms with Crippen LogP contribution in [0.1, 0.15) is 18.9 Å². The number of amides is 1. The molecule has 2 rings (SSSR count). The molecule has 0 saturated heterocycles. The number of nitrogens with one attached hydrogen (secondary N) is 1. The second-order valence-electron chi connectivity index (χ2n) is 4.47. The molecule has 1 amide bonds. The van der Waals surface area contributed by atoms with Crippen molar-refractivity contribution < 1.29 is 4.79 Å². The van der Waals surface area contributed by atoms with Crippen molar-refractivity contribution in [1.82, 2.24) is 19.9 Å². The van der Waals surface area contributed by atoms with Gasteiger partial charge in [0.15, 0.2) is 0 Å². The lowest BCUT2D eigenvalue weighted by Crippen LogP contribution is -2.38. The lowest BCUT2D eigenvalue weighted by Gasteiger charge is -2.17. The van der Waals surface area contributed by atoms with Crippen LogP contribution < -0.4 is 5.32 Å². The van der Waals surface area contributed by atoms with Crippen LogP contribution in [0.2, 0.25) is 0 Å². The highest BCUT2D eigenvalue weighted by Crippen LogP contribution is 2.00. The first-order chi connectivity index (χ1) is 9.28. The van der Waals surface area contributed by atoms with Crippen molar-refractivity contribution in [3.8, 4) is 0 Å². The van der Waals surface area contributed by atoms with Crippen LogP contribution in [0.3, 0.4) is 0 Å². The van der Waals surface area contributed by atoms with Gasteiger partial charge in [0.1, 0.15) is 0 Å². The Labute approximate surface area is 112 Å². The molecule has 0 spiro atoms. The molecular formula is C14H18N4O. The van der Waals surface area contributed by atoms with Crippen LogP contribution >= 0.6 is 0 Å². The maximum atomic E-state index is 11.9. The molecule has 0 aliphatic rings. The molecule has 0 aliphatic carbocycles. The third kappa shape index (κ3) is 4.21. The fraction of sp³-hybridized carbons (Fsp3) is 0.357. The third-order valence-corrected chi connectivity index (χ3v) is 2.94. The van der Waals surface area contributed by atoms with Gasteiger partial charge in [0.25, 0.3) is 0 Å². The second kappa shape index (κ2) is 6.68. The van der Waals surface area contributed by atoms with Gasteiger partial charge in [-0.25, -0.2) is 4.98 Å². The highest BCUT2D eigenvalue weighted by molar-refractivity contribution is 5.78.